The summed E-state index contributed by atoms with van der Waals surface area (Å²) in [5.74, 6) is -0.600. The van der Waals surface area contributed by atoms with E-state index in [1.165, 1.54) is 11.6 Å². The first-order valence-corrected chi connectivity index (χ1v) is 9.37. The smallest absolute Gasteiger partial charge is 0.267 e. The van der Waals surface area contributed by atoms with Gasteiger partial charge < -0.3 is 4.72 Å². The fraction of sp³-hybridized carbons (Fsp3) is 0. The van der Waals surface area contributed by atoms with Crippen molar-refractivity contribution in [3.8, 4) is 11.1 Å². The summed E-state index contributed by atoms with van der Waals surface area (Å²) < 4.78 is 15.5. The minimum absolute atomic E-state index is 0.600. The van der Waals surface area contributed by atoms with Gasteiger partial charge in [0, 0.05) is 11.8 Å². The number of nitrogens with one attached hydrogen (secondary N) is 2. The van der Waals surface area contributed by atoms with Gasteiger partial charge >= 0.3 is 0 Å². The van der Waals surface area contributed by atoms with Crippen LogP contribution in [0.25, 0.3) is 17.2 Å². The molecular weight excluding hydrogens is 360 g/mol. The summed E-state index contributed by atoms with van der Waals surface area (Å²) in [7, 11) is -1.38. The van der Waals surface area contributed by atoms with Gasteiger partial charge in [-0.3, -0.25) is 10.0 Å². The van der Waals surface area contributed by atoms with Crippen LogP contribution in [0.2, 0.25) is 0 Å². The Hall–Kier alpha value is -3.22. The summed E-state index contributed by atoms with van der Waals surface area (Å²) in [6.07, 6.45) is 2.78. The van der Waals surface area contributed by atoms with Crippen LogP contribution in [0.15, 0.2) is 89.8 Å². The van der Waals surface area contributed by atoms with Crippen molar-refractivity contribution in [3.05, 3.63) is 90.5 Å². The third-order valence-electron chi connectivity index (χ3n) is 3.83. The van der Waals surface area contributed by atoms with Crippen LogP contribution in [0, 0.1) is 0 Å². The molecule has 0 spiro atoms. The fourth-order valence-electron chi connectivity index (χ4n) is 2.44. The van der Waals surface area contributed by atoms with Crippen molar-refractivity contribution in [2.45, 2.75) is 4.90 Å². The highest BCUT2D eigenvalue weighted by molar-refractivity contribution is 7.86. The first kappa shape index (κ1) is 18.6. The Kier molecular flexibility index (Phi) is 6.14. The van der Waals surface area contributed by atoms with Crippen LogP contribution in [-0.4, -0.2) is 15.3 Å². The van der Waals surface area contributed by atoms with E-state index in [0.29, 0.717) is 10.6 Å². The summed E-state index contributed by atoms with van der Waals surface area (Å²) in [6.45, 7) is 0. The van der Waals surface area contributed by atoms with Crippen molar-refractivity contribution in [2.75, 3.05) is 4.72 Å². The zero-order chi connectivity index (χ0) is 19.1. The molecule has 3 N–H and O–H groups in total. The Morgan fingerprint density at radius 2 is 1.48 bits per heavy atom. The average molecular weight is 378 g/mol. The van der Waals surface area contributed by atoms with Crippen molar-refractivity contribution in [2.24, 2.45) is 0 Å². The topological polar surface area (TPSA) is 78.4 Å². The molecule has 27 heavy (non-hydrogen) atoms. The molecule has 136 valence electrons. The van der Waals surface area contributed by atoms with Crippen molar-refractivity contribution in [1.29, 1.82) is 0 Å². The monoisotopic (exact) mass is 378 g/mol. The maximum atomic E-state index is 12.5. The molecule has 1 atom stereocenters. The zero-order valence-corrected chi connectivity index (χ0v) is 15.1. The van der Waals surface area contributed by atoms with Gasteiger partial charge in [0.25, 0.3) is 5.91 Å². The van der Waals surface area contributed by atoms with Gasteiger partial charge in [0.1, 0.15) is 11.0 Å². The molecule has 1 amide bonds. The molecule has 3 rings (SSSR count). The van der Waals surface area contributed by atoms with Gasteiger partial charge in [-0.25, -0.2) is 9.69 Å². The number of rotatable bonds is 6. The molecule has 0 heterocycles. The molecule has 5 nitrogen and oxygen atoms in total. The van der Waals surface area contributed by atoms with Crippen LogP contribution in [-0.2, 0) is 15.8 Å². The van der Waals surface area contributed by atoms with E-state index >= 15 is 0 Å². The standard InChI is InChI=1S/C21H18N2O3S/c24-21(22-25)15-8-16-6-11-19(12-7-16)23-27(26)20-13-9-18(10-14-20)17-4-2-1-3-5-17/h1-15,23,25H,(H,22,24)/b15-8+. The van der Waals surface area contributed by atoms with E-state index in [-0.39, 0.29) is 0 Å². The number of benzene rings is 3. The van der Waals surface area contributed by atoms with Crippen LogP contribution in [0.4, 0.5) is 5.69 Å². The predicted octanol–water partition coefficient (Wildman–Crippen LogP) is 4.01. The SMILES string of the molecule is O=C(/C=C/c1ccc(NS(=O)c2ccc(-c3ccccc3)cc2)cc1)NO. The first-order valence-electron chi connectivity index (χ1n) is 8.22. The Morgan fingerprint density at radius 1 is 0.852 bits per heavy atom. The quantitative estimate of drug-likeness (QED) is 0.345. The minimum Gasteiger partial charge on any atom is -0.301 e. The first-order chi connectivity index (χ1) is 13.2. The summed E-state index contributed by atoms with van der Waals surface area (Å²) in [5, 5.41) is 8.45. The molecule has 0 aliphatic carbocycles. The Balaban J connectivity index is 1.65. The van der Waals surface area contributed by atoms with E-state index in [0.717, 1.165) is 16.7 Å². The molecule has 0 aromatic heterocycles. The molecular formula is C21H18N2O3S. The lowest BCUT2D eigenvalue weighted by Crippen LogP contribution is -2.14. The van der Waals surface area contributed by atoms with Crippen molar-refractivity contribution < 1.29 is 14.2 Å². The van der Waals surface area contributed by atoms with Crippen LogP contribution in [0.3, 0.4) is 0 Å². The van der Waals surface area contributed by atoms with Crippen molar-refractivity contribution in [1.82, 2.24) is 5.48 Å². The van der Waals surface area contributed by atoms with E-state index in [1.54, 1.807) is 30.3 Å². The lowest BCUT2D eigenvalue weighted by molar-refractivity contribution is -0.124. The lowest BCUT2D eigenvalue weighted by Gasteiger charge is -2.08. The summed E-state index contributed by atoms with van der Waals surface area (Å²) >= 11 is 0. The second-order valence-electron chi connectivity index (χ2n) is 5.69. The van der Waals surface area contributed by atoms with E-state index in [4.69, 9.17) is 5.21 Å². The second kappa shape index (κ2) is 8.93. The maximum absolute atomic E-state index is 12.5. The van der Waals surface area contributed by atoms with Gasteiger partial charge in [-0.2, -0.15) is 0 Å². The van der Waals surface area contributed by atoms with Gasteiger partial charge in [-0.15, -0.1) is 0 Å². The molecule has 0 aliphatic rings. The predicted molar refractivity (Wildman–Crippen MR) is 107 cm³/mol. The number of hydrogen-bond donors (Lipinski definition) is 3. The molecule has 0 bridgehead atoms. The summed E-state index contributed by atoms with van der Waals surface area (Å²) in [6, 6.07) is 24.7. The van der Waals surface area contributed by atoms with Gasteiger partial charge in [0.05, 0.1) is 4.90 Å². The Bertz CT molecular complexity index is 953. The number of amides is 1. The average Bonchev–Trinajstić information content (AvgIpc) is 2.73. The second-order valence-corrected chi connectivity index (χ2v) is 6.91. The number of carbonyl (C=O) groups excluding carboxylic acids is 1. The van der Waals surface area contributed by atoms with Gasteiger partial charge in [0.15, 0.2) is 0 Å². The molecule has 6 heteroatoms. The summed E-state index contributed by atoms with van der Waals surface area (Å²) in [5.41, 5.74) is 5.19. The van der Waals surface area contributed by atoms with Crippen LogP contribution < -0.4 is 10.2 Å². The van der Waals surface area contributed by atoms with Gasteiger partial charge in [0.2, 0.25) is 0 Å². The van der Waals surface area contributed by atoms with Gasteiger partial charge in [-0.1, -0.05) is 54.6 Å². The Labute approximate surface area is 159 Å². The third-order valence-corrected chi connectivity index (χ3v) is 4.96. The largest absolute Gasteiger partial charge is 0.301 e. The van der Waals surface area contributed by atoms with Crippen LogP contribution >= 0.6 is 0 Å². The number of carbonyl (C=O) groups is 1. The maximum Gasteiger partial charge on any atom is 0.267 e. The van der Waals surface area contributed by atoms with E-state index < -0.39 is 16.9 Å². The highest BCUT2D eigenvalue weighted by Crippen LogP contribution is 2.21. The van der Waals surface area contributed by atoms with Crippen LogP contribution in [0.1, 0.15) is 5.56 Å². The van der Waals surface area contributed by atoms with Crippen molar-refractivity contribution >= 4 is 28.7 Å². The van der Waals surface area contributed by atoms with E-state index in [1.807, 2.05) is 54.6 Å². The van der Waals surface area contributed by atoms with E-state index in [2.05, 4.69) is 4.72 Å². The molecule has 3 aromatic carbocycles. The molecule has 3 aromatic rings. The number of hydrogen-bond acceptors (Lipinski definition) is 3. The third kappa shape index (κ3) is 5.13. The summed E-state index contributed by atoms with van der Waals surface area (Å²) in [4.78, 5) is 11.6. The zero-order valence-electron chi connectivity index (χ0n) is 14.3. The molecule has 0 fully saturated rings. The highest BCUT2D eigenvalue weighted by Gasteiger charge is 2.05. The normalized spacial score (nSPS) is 11.9. The van der Waals surface area contributed by atoms with Gasteiger partial charge in [-0.05, 0) is 47.0 Å². The number of hydroxylamine groups is 1. The molecule has 0 saturated heterocycles. The fourth-order valence-corrected chi connectivity index (χ4v) is 3.29. The molecule has 0 aliphatic heterocycles. The molecule has 1 unspecified atom stereocenters. The van der Waals surface area contributed by atoms with Crippen LogP contribution in [0.5, 0.6) is 0 Å². The molecule has 0 radical (unpaired) electrons. The number of anilines is 1. The van der Waals surface area contributed by atoms with Crippen molar-refractivity contribution in [3.63, 3.8) is 0 Å². The minimum atomic E-state index is -1.38. The Morgan fingerprint density at radius 3 is 2.11 bits per heavy atom. The lowest BCUT2D eigenvalue weighted by atomic mass is 10.1. The molecule has 0 saturated carbocycles. The highest BCUT2D eigenvalue weighted by atomic mass is 32.2. The van der Waals surface area contributed by atoms with E-state index in [9.17, 15) is 9.00 Å².